The van der Waals surface area contributed by atoms with Crippen LogP contribution in [0.2, 0.25) is 0 Å². The maximum absolute atomic E-state index is 12.3. The lowest BCUT2D eigenvalue weighted by Crippen LogP contribution is -2.12. The van der Waals surface area contributed by atoms with Crippen LogP contribution in [0, 0.1) is 13.8 Å². The van der Waals surface area contributed by atoms with Crippen LogP contribution in [0.5, 0.6) is 0 Å². The summed E-state index contributed by atoms with van der Waals surface area (Å²) in [4.78, 5) is 12.3. The van der Waals surface area contributed by atoms with Crippen molar-refractivity contribution < 1.29 is 4.79 Å². The summed E-state index contributed by atoms with van der Waals surface area (Å²) in [5.41, 5.74) is 4.15. The average molecular weight is 268 g/mol. The maximum atomic E-state index is 12.3. The Morgan fingerprint density at radius 2 is 2.10 bits per heavy atom. The third-order valence-electron chi connectivity index (χ3n) is 3.51. The van der Waals surface area contributed by atoms with Gasteiger partial charge in [0.05, 0.1) is 17.1 Å². The van der Waals surface area contributed by atoms with Gasteiger partial charge in [0.15, 0.2) is 0 Å². The minimum absolute atomic E-state index is 0.122. The molecule has 0 saturated carbocycles. The van der Waals surface area contributed by atoms with Crippen LogP contribution in [-0.2, 0) is 7.05 Å². The Balaban J connectivity index is 1.92. The van der Waals surface area contributed by atoms with Crippen LogP contribution in [0.25, 0.3) is 10.9 Å². The lowest BCUT2D eigenvalue weighted by Gasteiger charge is -2.06. The van der Waals surface area contributed by atoms with Crippen LogP contribution in [0.4, 0.5) is 5.69 Å². The standard InChI is InChI=1S/C15H16N4O/c1-9-14(10(2)18-17-9)16-15(20)12-4-5-13-11(8-12)6-7-19(13)3/h4-8H,1-3H3,(H,16,20)(H,17,18). The second-order valence-electron chi connectivity index (χ2n) is 4.96. The monoisotopic (exact) mass is 268 g/mol. The SMILES string of the molecule is Cc1n[nH]c(C)c1NC(=O)c1ccc2c(ccn2C)c1. The number of nitrogens with one attached hydrogen (secondary N) is 2. The van der Waals surface area contributed by atoms with Gasteiger partial charge in [0.25, 0.3) is 5.91 Å². The molecule has 102 valence electrons. The number of hydrogen-bond donors (Lipinski definition) is 2. The molecular weight excluding hydrogens is 252 g/mol. The van der Waals surface area contributed by atoms with Crippen molar-refractivity contribution >= 4 is 22.5 Å². The fourth-order valence-electron chi connectivity index (χ4n) is 2.34. The van der Waals surface area contributed by atoms with E-state index < -0.39 is 0 Å². The number of anilines is 1. The Hall–Kier alpha value is -2.56. The molecule has 0 fully saturated rings. The number of aromatic amines is 1. The van der Waals surface area contributed by atoms with Gasteiger partial charge in [-0.1, -0.05) is 0 Å². The van der Waals surface area contributed by atoms with E-state index >= 15 is 0 Å². The molecule has 5 nitrogen and oxygen atoms in total. The van der Waals surface area contributed by atoms with Crippen molar-refractivity contribution in [1.29, 1.82) is 0 Å². The fourth-order valence-corrected chi connectivity index (χ4v) is 2.34. The highest BCUT2D eigenvalue weighted by Crippen LogP contribution is 2.20. The molecule has 2 heterocycles. The minimum Gasteiger partial charge on any atom is -0.351 e. The Bertz CT molecular complexity index is 778. The van der Waals surface area contributed by atoms with Crippen LogP contribution in [0.1, 0.15) is 21.7 Å². The number of carbonyl (C=O) groups excluding carboxylic acids is 1. The average Bonchev–Trinajstić information content (AvgIpc) is 2.96. The topological polar surface area (TPSA) is 62.7 Å². The van der Waals surface area contributed by atoms with E-state index in [1.807, 2.05) is 55.9 Å². The molecule has 1 amide bonds. The zero-order chi connectivity index (χ0) is 14.3. The first kappa shape index (κ1) is 12.5. The van der Waals surface area contributed by atoms with Crippen LogP contribution in [0.15, 0.2) is 30.5 Å². The van der Waals surface area contributed by atoms with Crippen LogP contribution in [0.3, 0.4) is 0 Å². The molecule has 2 N–H and O–H groups in total. The molecular formula is C15H16N4O. The molecule has 3 rings (SSSR count). The first-order valence-electron chi connectivity index (χ1n) is 6.44. The largest absolute Gasteiger partial charge is 0.351 e. The number of hydrogen-bond acceptors (Lipinski definition) is 2. The summed E-state index contributed by atoms with van der Waals surface area (Å²) in [6, 6.07) is 7.69. The molecule has 0 aliphatic rings. The van der Waals surface area contributed by atoms with Gasteiger partial charge in [0.1, 0.15) is 0 Å². The van der Waals surface area contributed by atoms with E-state index in [0.717, 1.165) is 28.0 Å². The van der Waals surface area contributed by atoms with Crippen molar-refractivity contribution in [2.24, 2.45) is 7.05 Å². The van der Waals surface area contributed by atoms with Crippen molar-refractivity contribution in [1.82, 2.24) is 14.8 Å². The quantitative estimate of drug-likeness (QED) is 0.750. The molecule has 0 bridgehead atoms. The molecule has 5 heteroatoms. The number of aromatic nitrogens is 3. The van der Waals surface area contributed by atoms with E-state index in [9.17, 15) is 4.79 Å². The van der Waals surface area contributed by atoms with Gasteiger partial charge in [-0.15, -0.1) is 0 Å². The number of amides is 1. The van der Waals surface area contributed by atoms with Gasteiger partial charge < -0.3 is 9.88 Å². The van der Waals surface area contributed by atoms with Crippen molar-refractivity contribution in [2.45, 2.75) is 13.8 Å². The lowest BCUT2D eigenvalue weighted by atomic mass is 10.1. The van der Waals surface area contributed by atoms with E-state index in [2.05, 4.69) is 15.5 Å². The molecule has 3 aromatic rings. The molecule has 0 aliphatic carbocycles. The minimum atomic E-state index is -0.122. The van der Waals surface area contributed by atoms with Gasteiger partial charge >= 0.3 is 0 Å². The number of benzene rings is 1. The molecule has 0 spiro atoms. The number of rotatable bonds is 2. The van der Waals surface area contributed by atoms with E-state index in [-0.39, 0.29) is 5.91 Å². The van der Waals surface area contributed by atoms with Gasteiger partial charge in [0, 0.05) is 29.7 Å². The molecule has 1 aromatic carbocycles. The maximum Gasteiger partial charge on any atom is 0.255 e. The fraction of sp³-hybridized carbons (Fsp3) is 0.200. The highest BCUT2D eigenvalue weighted by molar-refractivity contribution is 6.06. The Kier molecular flexibility index (Phi) is 2.82. The van der Waals surface area contributed by atoms with Crippen molar-refractivity contribution in [3.8, 4) is 0 Å². The van der Waals surface area contributed by atoms with Gasteiger partial charge in [0.2, 0.25) is 0 Å². The highest BCUT2D eigenvalue weighted by atomic mass is 16.1. The summed E-state index contributed by atoms with van der Waals surface area (Å²) < 4.78 is 2.03. The second-order valence-corrected chi connectivity index (χ2v) is 4.96. The molecule has 0 radical (unpaired) electrons. The van der Waals surface area contributed by atoms with Gasteiger partial charge in [-0.2, -0.15) is 5.10 Å². The van der Waals surface area contributed by atoms with Crippen LogP contribution < -0.4 is 5.32 Å². The molecule has 2 aromatic heterocycles. The summed E-state index contributed by atoms with van der Waals surface area (Å²) in [5.74, 6) is -0.122. The van der Waals surface area contributed by atoms with Gasteiger partial charge in [-0.05, 0) is 38.1 Å². The van der Waals surface area contributed by atoms with Crippen molar-refractivity contribution in [3.05, 3.63) is 47.4 Å². The number of nitrogens with zero attached hydrogens (tertiary/aromatic N) is 2. The van der Waals surface area contributed by atoms with Crippen LogP contribution >= 0.6 is 0 Å². The van der Waals surface area contributed by atoms with E-state index in [4.69, 9.17) is 0 Å². The first-order valence-corrected chi connectivity index (χ1v) is 6.44. The smallest absolute Gasteiger partial charge is 0.255 e. The molecule has 0 atom stereocenters. The summed E-state index contributed by atoms with van der Waals surface area (Å²) in [5, 5.41) is 10.9. The van der Waals surface area contributed by atoms with E-state index in [1.54, 1.807) is 0 Å². The molecule has 0 aliphatic heterocycles. The molecule has 0 unspecified atom stereocenters. The third-order valence-corrected chi connectivity index (χ3v) is 3.51. The van der Waals surface area contributed by atoms with E-state index in [1.165, 1.54) is 0 Å². The Morgan fingerprint density at radius 1 is 1.30 bits per heavy atom. The predicted octanol–water partition coefficient (Wildman–Crippen LogP) is 2.77. The Labute approximate surface area is 116 Å². The summed E-state index contributed by atoms with van der Waals surface area (Å²) in [6.45, 7) is 3.75. The number of H-pyrrole nitrogens is 1. The summed E-state index contributed by atoms with van der Waals surface area (Å²) in [7, 11) is 1.99. The van der Waals surface area contributed by atoms with E-state index in [0.29, 0.717) is 5.56 Å². The second kappa shape index (κ2) is 4.52. The van der Waals surface area contributed by atoms with Crippen molar-refractivity contribution in [2.75, 3.05) is 5.32 Å². The Morgan fingerprint density at radius 3 is 2.80 bits per heavy atom. The molecule has 0 saturated heterocycles. The summed E-state index contributed by atoms with van der Waals surface area (Å²) >= 11 is 0. The number of aryl methyl sites for hydroxylation is 3. The zero-order valence-corrected chi connectivity index (χ0v) is 11.7. The number of fused-ring (bicyclic) bond motifs is 1. The lowest BCUT2D eigenvalue weighted by molar-refractivity contribution is 0.102. The third kappa shape index (κ3) is 1.97. The predicted molar refractivity (Wildman–Crippen MR) is 78.9 cm³/mol. The number of carbonyl (C=O) groups is 1. The first-order chi connectivity index (χ1) is 9.56. The summed E-state index contributed by atoms with van der Waals surface area (Å²) in [6.07, 6.45) is 1.98. The molecule has 20 heavy (non-hydrogen) atoms. The van der Waals surface area contributed by atoms with Crippen molar-refractivity contribution in [3.63, 3.8) is 0 Å². The normalized spacial score (nSPS) is 10.9. The van der Waals surface area contributed by atoms with Gasteiger partial charge in [-0.3, -0.25) is 9.89 Å². The highest BCUT2D eigenvalue weighted by Gasteiger charge is 2.12. The zero-order valence-electron chi connectivity index (χ0n) is 11.7. The van der Waals surface area contributed by atoms with Gasteiger partial charge in [-0.25, -0.2) is 0 Å². The van der Waals surface area contributed by atoms with Crippen LogP contribution in [-0.4, -0.2) is 20.7 Å².